The molecule has 0 unspecified atom stereocenters. The van der Waals surface area contributed by atoms with Crippen LogP contribution in [-0.4, -0.2) is 21.3 Å². The van der Waals surface area contributed by atoms with Gasteiger partial charge in [-0.2, -0.15) is 0 Å². The Morgan fingerprint density at radius 1 is 1.22 bits per heavy atom. The minimum Gasteiger partial charge on any atom is -0.296 e. The molecule has 5 heteroatoms. The average molecular weight is 327 g/mol. The zero-order valence-electron chi connectivity index (χ0n) is 13.7. The first-order valence-corrected chi connectivity index (χ1v) is 8.64. The van der Waals surface area contributed by atoms with Crippen LogP contribution < -0.4 is 5.56 Å². The Bertz CT molecular complexity index is 849. The van der Waals surface area contributed by atoms with Crippen molar-refractivity contribution < 1.29 is 0 Å². The molecule has 3 rings (SSSR count). The molecule has 0 fully saturated rings. The summed E-state index contributed by atoms with van der Waals surface area (Å²) in [5.74, 6) is 0.552. The van der Waals surface area contributed by atoms with Crippen LogP contribution in [-0.2, 0) is 13.1 Å². The standard InChI is InChI=1S/C18H21N3OS/c1-13(2)15-6-4-14(5-7-15)11-20(3)12-16-10-17(22)21-8-9-23-18(21)19-16/h4-10,13H,11-12H2,1-3H3. The fraction of sp³-hybridized carbons (Fsp3) is 0.333. The summed E-state index contributed by atoms with van der Waals surface area (Å²) < 4.78 is 1.58. The maximum atomic E-state index is 12.0. The molecular formula is C18H21N3OS. The van der Waals surface area contributed by atoms with Crippen molar-refractivity contribution in [1.82, 2.24) is 14.3 Å². The Morgan fingerprint density at radius 2 is 1.96 bits per heavy atom. The Kier molecular flexibility index (Phi) is 4.59. The van der Waals surface area contributed by atoms with Crippen LogP contribution >= 0.6 is 11.3 Å². The number of benzene rings is 1. The number of fused-ring (bicyclic) bond motifs is 1. The number of aromatic nitrogens is 2. The molecule has 0 spiro atoms. The summed E-state index contributed by atoms with van der Waals surface area (Å²) in [6.07, 6.45) is 1.76. The zero-order valence-corrected chi connectivity index (χ0v) is 14.5. The van der Waals surface area contributed by atoms with E-state index in [2.05, 4.69) is 48.0 Å². The van der Waals surface area contributed by atoms with Crippen molar-refractivity contribution >= 4 is 16.3 Å². The second-order valence-corrected chi connectivity index (χ2v) is 7.08. The van der Waals surface area contributed by atoms with Crippen LogP contribution in [0.2, 0.25) is 0 Å². The van der Waals surface area contributed by atoms with Crippen LogP contribution in [0.15, 0.2) is 46.7 Å². The van der Waals surface area contributed by atoms with Crippen LogP contribution in [0, 0.1) is 0 Å². The highest BCUT2D eigenvalue weighted by atomic mass is 32.1. The summed E-state index contributed by atoms with van der Waals surface area (Å²) in [4.78, 5) is 19.5. The lowest BCUT2D eigenvalue weighted by Gasteiger charge is -2.16. The van der Waals surface area contributed by atoms with Gasteiger partial charge in [-0.15, -0.1) is 11.3 Å². The van der Waals surface area contributed by atoms with Crippen molar-refractivity contribution in [1.29, 1.82) is 0 Å². The summed E-state index contributed by atoms with van der Waals surface area (Å²) in [5, 5.41) is 1.88. The van der Waals surface area contributed by atoms with Crippen molar-refractivity contribution in [3.8, 4) is 0 Å². The van der Waals surface area contributed by atoms with E-state index in [0.717, 1.165) is 17.2 Å². The molecule has 0 N–H and O–H groups in total. The highest BCUT2D eigenvalue weighted by Crippen LogP contribution is 2.16. The van der Waals surface area contributed by atoms with Crippen LogP contribution in [0.5, 0.6) is 0 Å². The molecule has 1 aromatic carbocycles. The summed E-state index contributed by atoms with van der Waals surface area (Å²) in [7, 11) is 2.05. The van der Waals surface area contributed by atoms with Gasteiger partial charge in [0.2, 0.25) is 0 Å². The van der Waals surface area contributed by atoms with Gasteiger partial charge in [0.15, 0.2) is 4.96 Å². The number of hydrogen-bond donors (Lipinski definition) is 0. The molecule has 120 valence electrons. The van der Waals surface area contributed by atoms with E-state index < -0.39 is 0 Å². The predicted molar refractivity (Wildman–Crippen MR) is 95.0 cm³/mol. The third-order valence-corrected chi connectivity index (χ3v) is 4.64. The van der Waals surface area contributed by atoms with Crippen LogP contribution in [0.4, 0.5) is 0 Å². The van der Waals surface area contributed by atoms with Crippen LogP contribution in [0.1, 0.15) is 36.6 Å². The molecule has 0 aliphatic carbocycles. The quantitative estimate of drug-likeness (QED) is 0.720. The number of thiazole rings is 1. The van der Waals surface area contributed by atoms with E-state index in [1.165, 1.54) is 22.5 Å². The molecule has 0 aliphatic heterocycles. The zero-order chi connectivity index (χ0) is 16.4. The number of rotatable bonds is 5. The number of hydrogen-bond acceptors (Lipinski definition) is 4. The molecular weight excluding hydrogens is 306 g/mol. The summed E-state index contributed by atoms with van der Waals surface area (Å²) in [6.45, 7) is 5.90. The lowest BCUT2D eigenvalue weighted by atomic mass is 10.0. The summed E-state index contributed by atoms with van der Waals surface area (Å²) in [5.41, 5.74) is 3.43. The molecule has 3 aromatic rings. The molecule has 0 saturated heterocycles. The minimum atomic E-state index is -0.0130. The highest BCUT2D eigenvalue weighted by molar-refractivity contribution is 7.15. The van der Waals surface area contributed by atoms with Gasteiger partial charge in [-0.3, -0.25) is 14.1 Å². The molecule has 0 atom stereocenters. The largest absolute Gasteiger partial charge is 0.296 e. The Balaban J connectivity index is 1.70. The van der Waals surface area contributed by atoms with E-state index in [0.29, 0.717) is 12.5 Å². The van der Waals surface area contributed by atoms with Gasteiger partial charge < -0.3 is 0 Å². The van der Waals surface area contributed by atoms with E-state index in [1.807, 2.05) is 12.4 Å². The topological polar surface area (TPSA) is 37.6 Å². The molecule has 0 saturated carbocycles. The maximum Gasteiger partial charge on any atom is 0.258 e. The Hall–Kier alpha value is -1.98. The second-order valence-electron chi connectivity index (χ2n) is 6.21. The van der Waals surface area contributed by atoms with Crippen molar-refractivity contribution in [3.05, 3.63) is 69.1 Å². The lowest BCUT2D eigenvalue weighted by Crippen LogP contribution is -2.21. The lowest BCUT2D eigenvalue weighted by molar-refractivity contribution is 0.315. The van der Waals surface area contributed by atoms with Gasteiger partial charge in [0, 0.05) is 30.7 Å². The van der Waals surface area contributed by atoms with Gasteiger partial charge in [0.1, 0.15) is 0 Å². The van der Waals surface area contributed by atoms with Crippen molar-refractivity contribution in [2.45, 2.75) is 32.9 Å². The Labute approximate surface area is 140 Å². The fourth-order valence-corrected chi connectivity index (χ4v) is 3.36. The van der Waals surface area contributed by atoms with Crippen molar-refractivity contribution in [2.24, 2.45) is 0 Å². The third kappa shape index (κ3) is 3.68. The third-order valence-electron chi connectivity index (χ3n) is 3.89. The minimum absolute atomic E-state index is 0.0130. The monoisotopic (exact) mass is 327 g/mol. The average Bonchev–Trinajstić information content (AvgIpc) is 2.96. The van der Waals surface area contributed by atoms with Crippen LogP contribution in [0.25, 0.3) is 4.96 Å². The fourth-order valence-electron chi connectivity index (χ4n) is 2.62. The highest BCUT2D eigenvalue weighted by Gasteiger charge is 2.07. The predicted octanol–water partition coefficient (Wildman–Crippen LogP) is 3.51. The second kappa shape index (κ2) is 6.64. The van der Waals surface area contributed by atoms with E-state index in [-0.39, 0.29) is 5.56 Å². The SMILES string of the molecule is CC(C)c1ccc(CN(C)Cc2cc(=O)n3ccsc3n2)cc1. The molecule has 4 nitrogen and oxygen atoms in total. The number of nitrogens with zero attached hydrogens (tertiary/aromatic N) is 3. The van der Waals surface area contributed by atoms with Gasteiger partial charge in [-0.25, -0.2) is 4.98 Å². The molecule has 0 radical (unpaired) electrons. The normalized spacial score (nSPS) is 11.7. The molecule has 2 heterocycles. The van der Waals surface area contributed by atoms with Gasteiger partial charge in [-0.1, -0.05) is 38.1 Å². The summed E-state index contributed by atoms with van der Waals surface area (Å²) in [6, 6.07) is 10.4. The van der Waals surface area contributed by atoms with Crippen LogP contribution in [0.3, 0.4) is 0 Å². The molecule has 0 bridgehead atoms. The van der Waals surface area contributed by atoms with E-state index in [4.69, 9.17) is 0 Å². The van der Waals surface area contributed by atoms with Gasteiger partial charge in [0.25, 0.3) is 5.56 Å². The molecule has 2 aromatic heterocycles. The van der Waals surface area contributed by atoms with E-state index in [1.54, 1.807) is 16.7 Å². The first kappa shape index (κ1) is 15.9. The molecule has 0 amide bonds. The van der Waals surface area contributed by atoms with Gasteiger partial charge in [0.05, 0.1) is 5.69 Å². The molecule has 0 aliphatic rings. The van der Waals surface area contributed by atoms with Crippen molar-refractivity contribution in [2.75, 3.05) is 7.05 Å². The summed E-state index contributed by atoms with van der Waals surface area (Å²) >= 11 is 1.48. The smallest absolute Gasteiger partial charge is 0.258 e. The van der Waals surface area contributed by atoms with E-state index in [9.17, 15) is 4.79 Å². The Morgan fingerprint density at radius 3 is 2.65 bits per heavy atom. The maximum absolute atomic E-state index is 12.0. The van der Waals surface area contributed by atoms with Crippen molar-refractivity contribution in [3.63, 3.8) is 0 Å². The molecule has 23 heavy (non-hydrogen) atoms. The van der Waals surface area contributed by atoms with E-state index >= 15 is 0 Å². The first-order chi connectivity index (χ1) is 11.0. The van der Waals surface area contributed by atoms with Gasteiger partial charge >= 0.3 is 0 Å². The van der Waals surface area contributed by atoms with Gasteiger partial charge in [-0.05, 0) is 24.1 Å². The first-order valence-electron chi connectivity index (χ1n) is 7.76.